The molecule has 1 aromatic carbocycles. The lowest BCUT2D eigenvalue weighted by molar-refractivity contribution is -0.137. The van der Waals surface area contributed by atoms with E-state index in [1.54, 1.807) is 20.0 Å². The standard InChI is InChI=1S/C11H14F3NO/c1-3-16-10-5-8(7-15-2)4-9(6-10)11(12,13)14/h4-6,15H,3,7H2,1-2H3. The molecule has 1 aromatic rings. The zero-order chi connectivity index (χ0) is 12.2. The second kappa shape index (κ2) is 5.21. The third-order valence-corrected chi connectivity index (χ3v) is 1.99. The Kier molecular flexibility index (Phi) is 4.18. The Morgan fingerprint density at radius 3 is 2.44 bits per heavy atom. The molecule has 0 aliphatic carbocycles. The van der Waals surface area contributed by atoms with Crippen LogP contribution in [0.3, 0.4) is 0 Å². The predicted octanol–water partition coefficient (Wildman–Crippen LogP) is 2.82. The number of ether oxygens (including phenoxy) is 1. The molecule has 0 unspecified atom stereocenters. The fourth-order valence-electron chi connectivity index (χ4n) is 1.38. The highest BCUT2D eigenvalue weighted by Gasteiger charge is 2.31. The molecule has 5 heteroatoms. The average molecular weight is 233 g/mol. The lowest BCUT2D eigenvalue weighted by Crippen LogP contribution is -2.10. The summed E-state index contributed by atoms with van der Waals surface area (Å²) in [7, 11) is 1.68. The van der Waals surface area contributed by atoms with Crippen LogP contribution in [0, 0.1) is 0 Å². The van der Waals surface area contributed by atoms with Crippen molar-refractivity contribution in [2.75, 3.05) is 13.7 Å². The highest BCUT2D eigenvalue weighted by Crippen LogP contribution is 2.32. The summed E-state index contributed by atoms with van der Waals surface area (Å²) in [5.74, 6) is 0.252. The number of rotatable bonds is 4. The summed E-state index contributed by atoms with van der Waals surface area (Å²) >= 11 is 0. The summed E-state index contributed by atoms with van der Waals surface area (Å²) in [6.45, 7) is 2.46. The Balaban J connectivity index is 3.08. The topological polar surface area (TPSA) is 21.3 Å². The first-order valence-electron chi connectivity index (χ1n) is 4.96. The first-order chi connectivity index (χ1) is 7.47. The van der Waals surface area contributed by atoms with E-state index < -0.39 is 11.7 Å². The highest BCUT2D eigenvalue weighted by atomic mass is 19.4. The number of benzene rings is 1. The molecule has 1 N–H and O–H groups in total. The lowest BCUT2D eigenvalue weighted by atomic mass is 10.1. The first kappa shape index (κ1) is 12.8. The summed E-state index contributed by atoms with van der Waals surface area (Å²) in [5.41, 5.74) is -0.121. The molecule has 0 heterocycles. The van der Waals surface area contributed by atoms with Gasteiger partial charge in [0.05, 0.1) is 12.2 Å². The molecule has 90 valence electrons. The van der Waals surface area contributed by atoms with Gasteiger partial charge < -0.3 is 10.1 Å². The van der Waals surface area contributed by atoms with Crippen molar-refractivity contribution in [2.24, 2.45) is 0 Å². The predicted molar refractivity (Wildman–Crippen MR) is 55.4 cm³/mol. The quantitative estimate of drug-likeness (QED) is 0.863. The Morgan fingerprint density at radius 1 is 1.25 bits per heavy atom. The van der Waals surface area contributed by atoms with Gasteiger partial charge in [-0.25, -0.2) is 0 Å². The summed E-state index contributed by atoms with van der Waals surface area (Å²) in [5, 5.41) is 2.81. The van der Waals surface area contributed by atoms with E-state index in [-0.39, 0.29) is 5.75 Å². The van der Waals surface area contributed by atoms with Crippen LogP contribution in [0.2, 0.25) is 0 Å². The minimum atomic E-state index is -4.34. The van der Waals surface area contributed by atoms with Crippen LogP contribution < -0.4 is 10.1 Å². The van der Waals surface area contributed by atoms with Gasteiger partial charge in [0.15, 0.2) is 0 Å². The second-order valence-electron chi connectivity index (χ2n) is 3.33. The molecular formula is C11H14F3NO. The molecule has 0 bridgehead atoms. The van der Waals surface area contributed by atoms with E-state index in [1.165, 1.54) is 0 Å². The Labute approximate surface area is 92.4 Å². The molecule has 0 fully saturated rings. The van der Waals surface area contributed by atoms with Gasteiger partial charge in [-0.05, 0) is 37.7 Å². The molecule has 1 rings (SSSR count). The average Bonchev–Trinajstić information content (AvgIpc) is 2.17. The maximum Gasteiger partial charge on any atom is 0.416 e. The van der Waals surface area contributed by atoms with Crippen molar-refractivity contribution in [2.45, 2.75) is 19.6 Å². The maximum absolute atomic E-state index is 12.6. The second-order valence-corrected chi connectivity index (χ2v) is 3.33. The Bertz CT molecular complexity index is 325. The van der Waals surface area contributed by atoms with Crippen molar-refractivity contribution in [3.8, 4) is 5.75 Å². The third-order valence-electron chi connectivity index (χ3n) is 1.99. The first-order valence-corrected chi connectivity index (χ1v) is 4.96. The fourth-order valence-corrected chi connectivity index (χ4v) is 1.38. The molecule has 0 saturated heterocycles. The number of hydrogen-bond acceptors (Lipinski definition) is 2. The fraction of sp³-hybridized carbons (Fsp3) is 0.455. The summed E-state index contributed by atoms with van der Waals surface area (Å²) in [6.07, 6.45) is -4.34. The molecule has 0 radical (unpaired) electrons. The molecule has 0 aliphatic rings. The third kappa shape index (κ3) is 3.41. The molecule has 0 spiro atoms. The van der Waals surface area contributed by atoms with Crippen molar-refractivity contribution >= 4 is 0 Å². The van der Waals surface area contributed by atoms with Crippen LogP contribution >= 0.6 is 0 Å². The van der Waals surface area contributed by atoms with E-state index in [4.69, 9.17) is 4.74 Å². The minimum Gasteiger partial charge on any atom is -0.494 e. The molecule has 0 aliphatic heterocycles. The molecule has 0 aromatic heterocycles. The monoisotopic (exact) mass is 233 g/mol. The van der Waals surface area contributed by atoms with Crippen molar-refractivity contribution in [1.29, 1.82) is 0 Å². The van der Waals surface area contributed by atoms with Gasteiger partial charge in [-0.1, -0.05) is 0 Å². The van der Waals surface area contributed by atoms with E-state index in [9.17, 15) is 13.2 Å². The normalized spacial score (nSPS) is 11.6. The number of halogens is 3. The number of hydrogen-bond donors (Lipinski definition) is 1. The van der Waals surface area contributed by atoms with Crippen molar-refractivity contribution in [3.05, 3.63) is 29.3 Å². The van der Waals surface area contributed by atoms with Gasteiger partial charge in [0.2, 0.25) is 0 Å². The van der Waals surface area contributed by atoms with E-state index in [0.717, 1.165) is 12.1 Å². The van der Waals surface area contributed by atoms with Crippen LogP contribution in [-0.4, -0.2) is 13.7 Å². The lowest BCUT2D eigenvalue weighted by Gasteiger charge is -2.12. The number of alkyl halides is 3. The van der Waals surface area contributed by atoms with Crippen LogP contribution in [0.5, 0.6) is 5.75 Å². The van der Waals surface area contributed by atoms with Crippen molar-refractivity contribution in [3.63, 3.8) is 0 Å². The van der Waals surface area contributed by atoms with Crippen molar-refractivity contribution < 1.29 is 17.9 Å². The van der Waals surface area contributed by atoms with Gasteiger partial charge in [-0.15, -0.1) is 0 Å². The van der Waals surface area contributed by atoms with Crippen LogP contribution in [0.1, 0.15) is 18.1 Å². The van der Waals surface area contributed by atoms with Crippen LogP contribution in [0.25, 0.3) is 0 Å². The SMILES string of the molecule is CCOc1cc(CNC)cc(C(F)(F)F)c1. The van der Waals surface area contributed by atoms with Gasteiger partial charge in [0.25, 0.3) is 0 Å². The zero-order valence-electron chi connectivity index (χ0n) is 9.19. The largest absolute Gasteiger partial charge is 0.494 e. The van der Waals surface area contributed by atoms with Crippen molar-refractivity contribution in [1.82, 2.24) is 5.32 Å². The minimum absolute atomic E-state index is 0.252. The van der Waals surface area contributed by atoms with Crippen LogP contribution in [-0.2, 0) is 12.7 Å². The highest BCUT2D eigenvalue weighted by molar-refractivity contribution is 5.36. The molecule has 0 atom stereocenters. The van der Waals surface area contributed by atoms with Gasteiger partial charge >= 0.3 is 6.18 Å². The number of nitrogens with one attached hydrogen (secondary N) is 1. The smallest absolute Gasteiger partial charge is 0.416 e. The van der Waals surface area contributed by atoms with Crippen LogP contribution in [0.15, 0.2) is 18.2 Å². The van der Waals surface area contributed by atoms with E-state index in [0.29, 0.717) is 18.7 Å². The summed E-state index contributed by atoms with van der Waals surface area (Å²) in [4.78, 5) is 0. The molecule has 0 amide bonds. The van der Waals surface area contributed by atoms with E-state index in [2.05, 4.69) is 5.32 Å². The molecule has 16 heavy (non-hydrogen) atoms. The van der Waals surface area contributed by atoms with Gasteiger partial charge in [-0.2, -0.15) is 13.2 Å². The molecule has 0 saturated carbocycles. The van der Waals surface area contributed by atoms with Gasteiger partial charge in [-0.3, -0.25) is 0 Å². The van der Waals surface area contributed by atoms with E-state index >= 15 is 0 Å². The van der Waals surface area contributed by atoms with Gasteiger partial charge in [0.1, 0.15) is 5.75 Å². The van der Waals surface area contributed by atoms with Gasteiger partial charge in [0, 0.05) is 6.54 Å². The molecular weight excluding hydrogens is 219 g/mol. The van der Waals surface area contributed by atoms with E-state index in [1.807, 2.05) is 0 Å². The Morgan fingerprint density at radius 2 is 1.94 bits per heavy atom. The molecule has 2 nitrogen and oxygen atoms in total. The maximum atomic E-state index is 12.6. The Hall–Kier alpha value is -1.23. The van der Waals surface area contributed by atoms with Crippen LogP contribution in [0.4, 0.5) is 13.2 Å². The summed E-state index contributed by atoms with van der Waals surface area (Å²) in [6, 6.07) is 3.75. The summed E-state index contributed by atoms with van der Waals surface area (Å²) < 4.78 is 42.8. The zero-order valence-corrected chi connectivity index (χ0v) is 9.19.